The zero-order valence-corrected chi connectivity index (χ0v) is 12.5. The fourth-order valence-electron chi connectivity index (χ4n) is 1.86. The summed E-state index contributed by atoms with van der Waals surface area (Å²) in [6, 6.07) is 11.7. The lowest BCUT2D eigenvalue weighted by Crippen LogP contribution is -2.02. The van der Waals surface area contributed by atoms with E-state index in [4.69, 9.17) is 9.68 Å². The van der Waals surface area contributed by atoms with Crippen LogP contribution in [0.5, 0.6) is 0 Å². The van der Waals surface area contributed by atoms with Gasteiger partial charge in [0.15, 0.2) is 0 Å². The highest BCUT2D eigenvalue weighted by Crippen LogP contribution is 2.24. The van der Waals surface area contributed by atoms with Crippen LogP contribution in [0, 0.1) is 11.3 Å². The second kappa shape index (κ2) is 7.09. The lowest BCUT2D eigenvalue weighted by atomic mass is 10.1. The Kier molecular flexibility index (Phi) is 4.95. The van der Waals surface area contributed by atoms with Crippen molar-refractivity contribution >= 4 is 18.0 Å². The molecule has 0 fully saturated rings. The van der Waals surface area contributed by atoms with Crippen molar-refractivity contribution in [2.24, 2.45) is 0 Å². The minimum absolute atomic E-state index is 0.158. The number of rotatable bonds is 4. The van der Waals surface area contributed by atoms with Crippen molar-refractivity contribution in [1.29, 1.82) is 5.26 Å². The van der Waals surface area contributed by atoms with E-state index in [-0.39, 0.29) is 5.57 Å². The first-order valence-corrected chi connectivity index (χ1v) is 6.57. The Morgan fingerprint density at radius 1 is 1.09 bits per heavy atom. The van der Waals surface area contributed by atoms with Crippen molar-refractivity contribution in [3.63, 3.8) is 0 Å². The zero-order chi connectivity index (χ0) is 16.8. The summed E-state index contributed by atoms with van der Waals surface area (Å²) >= 11 is 0. The van der Waals surface area contributed by atoms with Crippen LogP contribution in [0.2, 0.25) is 0 Å². The van der Waals surface area contributed by atoms with Gasteiger partial charge in [0.25, 0.3) is 0 Å². The van der Waals surface area contributed by atoms with Crippen molar-refractivity contribution in [3.05, 3.63) is 53.3 Å². The minimum atomic E-state index is -0.729. The van der Waals surface area contributed by atoms with Gasteiger partial charge in [-0.2, -0.15) is 5.26 Å². The number of hydrogen-bond acceptors (Lipinski definition) is 6. The van der Waals surface area contributed by atoms with E-state index >= 15 is 0 Å². The van der Waals surface area contributed by atoms with Crippen molar-refractivity contribution in [3.8, 4) is 17.4 Å². The molecule has 0 saturated carbocycles. The zero-order valence-electron chi connectivity index (χ0n) is 12.5. The summed E-state index contributed by atoms with van der Waals surface area (Å²) in [6.07, 6.45) is 1.30. The van der Waals surface area contributed by atoms with Gasteiger partial charge in [0.1, 0.15) is 23.2 Å². The molecule has 0 unspecified atom stereocenters. The number of hydrogen-bond donors (Lipinski definition) is 0. The SMILES string of the molecule is COC(=O)/C(C#N)=C\c1ccc(-c2ccc(C(=O)OC)cc2)o1. The van der Waals surface area contributed by atoms with E-state index in [0.717, 1.165) is 5.56 Å². The molecular weight excluding hydrogens is 298 g/mol. The Hall–Kier alpha value is -3.33. The highest BCUT2D eigenvalue weighted by atomic mass is 16.5. The minimum Gasteiger partial charge on any atom is -0.465 e. The lowest BCUT2D eigenvalue weighted by molar-refractivity contribution is -0.135. The molecule has 0 amide bonds. The molecular formula is C17H13NO5. The van der Waals surface area contributed by atoms with Crippen molar-refractivity contribution in [2.45, 2.75) is 0 Å². The van der Waals surface area contributed by atoms with E-state index in [2.05, 4.69) is 9.47 Å². The van der Waals surface area contributed by atoms with E-state index < -0.39 is 11.9 Å². The van der Waals surface area contributed by atoms with Crippen molar-refractivity contribution in [1.82, 2.24) is 0 Å². The molecule has 0 aliphatic rings. The van der Waals surface area contributed by atoms with Crippen LogP contribution >= 0.6 is 0 Å². The predicted octanol–water partition coefficient (Wildman–Crippen LogP) is 2.81. The molecule has 2 aromatic rings. The monoisotopic (exact) mass is 311 g/mol. The number of esters is 2. The lowest BCUT2D eigenvalue weighted by Gasteiger charge is -2.00. The highest BCUT2D eigenvalue weighted by Gasteiger charge is 2.11. The maximum absolute atomic E-state index is 11.4. The fraction of sp³-hybridized carbons (Fsp3) is 0.118. The van der Waals surface area contributed by atoms with E-state index in [9.17, 15) is 9.59 Å². The van der Waals surface area contributed by atoms with Crippen LogP contribution in [-0.4, -0.2) is 26.2 Å². The third-order valence-electron chi connectivity index (χ3n) is 3.03. The Bertz CT molecular complexity index is 793. The van der Waals surface area contributed by atoms with E-state index in [0.29, 0.717) is 17.1 Å². The molecule has 0 aliphatic carbocycles. The average Bonchev–Trinajstić information content (AvgIpc) is 3.07. The van der Waals surface area contributed by atoms with Crippen LogP contribution in [0.4, 0.5) is 0 Å². The van der Waals surface area contributed by atoms with Gasteiger partial charge in [-0.15, -0.1) is 0 Å². The summed E-state index contributed by atoms with van der Waals surface area (Å²) in [5.74, 6) is -0.266. The molecule has 0 radical (unpaired) electrons. The molecule has 23 heavy (non-hydrogen) atoms. The Balaban J connectivity index is 2.26. The normalized spacial score (nSPS) is 10.7. The molecule has 0 saturated heterocycles. The number of methoxy groups -OCH3 is 2. The number of benzene rings is 1. The molecule has 6 nitrogen and oxygen atoms in total. The van der Waals surface area contributed by atoms with E-state index in [1.54, 1.807) is 42.5 Å². The van der Waals surface area contributed by atoms with Crippen LogP contribution in [0.25, 0.3) is 17.4 Å². The van der Waals surface area contributed by atoms with Crippen LogP contribution < -0.4 is 0 Å². The molecule has 1 heterocycles. The van der Waals surface area contributed by atoms with Crippen molar-refractivity contribution < 1.29 is 23.5 Å². The quantitative estimate of drug-likeness (QED) is 0.490. The molecule has 0 N–H and O–H groups in total. The van der Waals surface area contributed by atoms with Gasteiger partial charge >= 0.3 is 11.9 Å². The number of nitrogens with zero attached hydrogens (tertiary/aromatic N) is 1. The van der Waals surface area contributed by atoms with Gasteiger partial charge < -0.3 is 13.9 Å². The third kappa shape index (κ3) is 3.66. The van der Waals surface area contributed by atoms with Gasteiger partial charge in [-0.3, -0.25) is 0 Å². The summed E-state index contributed by atoms with van der Waals surface area (Å²) in [4.78, 5) is 22.7. The van der Waals surface area contributed by atoms with Gasteiger partial charge in [-0.05, 0) is 24.3 Å². The first-order chi connectivity index (χ1) is 11.1. The second-order valence-corrected chi connectivity index (χ2v) is 4.43. The molecule has 1 aromatic heterocycles. The standard InChI is InChI=1S/C17H13NO5/c1-21-16(19)12-5-3-11(4-6-12)15-8-7-14(23-15)9-13(10-18)17(20)22-2/h3-9H,1-2H3/b13-9-. The summed E-state index contributed by atoms with van der Waals surface area (Å²) in [5.41, 5.74) is 1.02. The topological polar surface area (TPSA) is 89.5 Å². The van der Waals surface area contributed by atoms with E-state index in [1.807, 2.05) is 0 Å². The molecule has 116 valence electrons. The van der Waals surface area contributed by atoms with Crippen LogP contribution in [-0.2, 0) is 14.3 Å². The van der Waals surface area contributed by atoms with Crippen LogP contribution in [0.1, 0.15) is 16.1 Å². The molecule has 0 spiro atoms. The predicted molar refractivity (Wildman–Crippen MR) is 81.1 cm³/mol. The van der Waals surface area contributed by atoms with E-state index in [1.165, 1.54) is 20.3 Å². The third-order valence-corrected chi connectivity index (χ3v) is 3.03. The molecule has 6 heteroatoms. The molecule has 0 aliphatic heterocycles. The average molecular weight is 311 g/mol. The number of carbonyl (C=O) groups is 2. The number of nitriles is 1. The van der Waals surface area contributed by atoms with Gasteiger partial charge in [0, 0.05) is 11.6 Å². The second-order valence-electron chi connectivity index (χ2n) is 4.43. The first-order valence-electron chi connectivity index (χ1n) is 6.57. The number of furan rings is 1. The summed E-state index contributed by atoms with van der Waals surface area (Å²) in [5, 5.41) is 8.91. The summed E-state index contributed by atoms with van der Waals surface area (Å²) in [6.45, 7) is 0. The summed E-state index contributed by atoms with van der Waals surface area (Å²) < 4.78 is 14.7. The Morgan fingerprint density at radius 3 is 2.35 bits per heavy atom. The molecule has 0 bridgehead atoms. The maximum atomic E-state index is 11.4. The first kappa shape index (κ1) is 16.0. The number of carbonyl (C=O) groups excluding carboxylic acids is 2. The van der Waals surface area contributed by atoms with Gasteiger partial charge in [0.2, 0.25) is 0 Å². The van der Waals surface area contributed by atoms with Crippen LogP contribution in [0.15, 0.2) is 46.4 Å². The molecule has 1 aromatic carbocycles. The van der Waals surface area contributed by atoms with Gasteiger partial charge in [-0.1, -0.05) is 12.1 Å². The van der Waals surface area contributed by atoms with Gasteiger partial charge in [-0.25, -0.2) is 9.59 Å². The van der Waals surface area contributed by atoms with Crippen LogP contribution in [0.3, 0.4) is 0 Å². The maximum Gasteiger partial charge on any atom is 0.348 e. The molecule has 0 atom stereocenters. The van der Waals surface area contributed by atoms with Gasteiger partial charge in [0.05, 0.1) is 19.8 Å². The Morgan fingerprint density at radius 2 is 1.78 bits per heavy atom. The molecule has 2 rings (SSSR count). The smallest absolute Gasteiger partial charge is 0.348 e. The number of ether oxygens (including phenoxy) is 2. The fourth-order valence-corrected chi connectivity index (χ4v) is 1.86. The summed E-state index contributed by atoms with van der Waals surface area (Å²) in [7, 11) is 2.51. The Labute approximate surface area is 132 Å². The largest absolute Gasteiger partial charge is 0.465 e. The highest BCUT2D eigenvalue weighted by molar-refractivity contribution is 5.97. The van der Waals surface area contributed by atoms with Crippen molar-refractivity contribution in [2.75, 3.05) is 14.2 Å².